The van der Waals surface area contributed by atoms with Crippen molar-refractivity contribution in [1.82, 2.24) is 10.2 Å². The summed E-state index contributed by atoms with van der Waals surface area (Å²) < 4.78 is 4.70. The van der Waals surface area contributed by atoms with Crippen LogP contribution < -0.4 is 5.32 Å². The highest BCUT2D eigenvalue weighted by Crippen LogP contribution is 2.22. The quantitative estimate of drug-likeness (QED) is 0.517. The third kappa shape index (κ3) is 4.63. The third-order valence-electron chi connectivity index (χ3n) is 4.10. The standard InChI is InChI=1S/C18H22N2O5S/c1-25-18(24)14(9-11-26-2)19-15(21)8-5-10-20-16(22)12-6-3-4-7-13(12)17(20)23/h3-4,6-7,14H,5,8-11H2,1-2H3,(H,19,21). The maximum atomic E-state index is 12.2. The summed E-state index contributed by atoms with van der Waals surface area (Å²) in [5, 5.41) is 2.65. The number of ether oxygens (including phenoxy) is 1. The monoisotopic (exact) mass is 378 g/mol. The number of hydrogen-bond acceptors (Lipinski definition) is 6. The minimum atomic E-state index is -0.681. The average molecular weight is 378 g/mol. The summed E-state index contributed by atoms with van der Waals surface area (Å²) in [6, 6.07) is 5.98. The van der Waals surface area contributed by atoms with Crippen LogP contribution in [0.2, 0.25) is 0 Å². The number of esters is 1. The summed E-state index contributed by atoms with van der Waals surface area (Å²) in [5.74, 6) is -0.738. The molecule has 26 heavy (non-hydrogen) atoms. The topological polar surface area (TPSA) is 92.8 Å². The van der Waals surface area contributed by atoms with Crippen LogP contribution in [0.5, 0.6) is 0 Å². The number of carbonyl (C=O) groups excluding carboxylic acids is 4. The zero-order valence-electron chi connectivity index (χ0n) is 14.8. The number of carbonyl (C=O) groups is 4. The van der Waals surface area contributed by atoms with Crippen LogP contribution in [-0.2, 0) is 14.3 Å². The molecule has 7 nitrogen and oxygen atoms in total. The maximum absolute atomic E-state index is 12.2. The van der Waals surface area contributed by atoms with E-state index < -0.39 is 12.0 Å². The van der Waals surface area contributed by atoms with E-state index in [9.17, 15) is 19.2 Å². The predicted octanol–water partition coefficient (Wildman–Crippen LogP) is 1.47. The van der Waals surface area contributed by atoms with Crippen LogP contribution in [0.15, 0.2) is 24.3 Å². The Balaban J connectivity index is 1.84. The van der Waals surface area contributed by atoms with E-state index in [1.807, 2.05) is 6.26 Å². The summed E-state index contributed by atoms with van der Waals surface area (Å²) in [6.45, 7) is 0.160. The Labute approximate surface area is 156 Å². The van der Waals surface area contributed by atoms with Gasteiger partial charge in [-0.05, 0) is 37.0 Å². The second-order valence-electron chi connectivity index (χ2n) is 5.84. The van der Waals surface area contributed by atoms with E-state index in [-0.39, 0.29) is 30.7 Å². The number of nitrogens with one attached hydrogen (secondary N) is 1. The van der Waals surface area contributed by atoms with E-state index in [0.29, 0.717) is 24.0 Å². The summed E-state index contributed by atoms with van der Waals surface area (Å²) in [4.78, 5) is 49.4. The van der Waals surface area contributed by atoms with Gasteiger partial charge in [-0.3, -0.25) is 19.3 Å². The maximum Gasteiger partial charge on any atom is 0.328 e. The van der Waals surface area contributed by atoms with Crippen LogP contribution in [0.1, 0.15) is 40.0 Å². The number of thioether (sulfide) groups is 1. The number of hydrogen-bond donors (Lipinski definition) is 1. The van der Waals surface area contributed by atoms with Crippen LogP contribution in [0.3, 0.4) is 0 Å². The van der Waals surface area contributed by atoms with E-state index in [1.54, 1.807) is 36.0 Å². The molecule has 1 aromatic rings. The average Bonchev–Trinajstić information content (AvgIpc) is 2.89. The molecule has 1 aromatic carbocycles. The van der Waals surface area contributed by atoms with Gasteiger partial charge >= 0.3 is 5.97 Å². The van der Waals surface area contributed by atoms with Crippen molar-refractivity contribution in [2.45, 2.75) is 25.3 Å². The molecule has 1 aliphatic rings. The number of methoxy groups -OCH3 is 1. The second kappa shape index (κ2) is 9.38. The van der Waals surface area contributed by atoms with E-state index in [2.05, 4.69) is 5.32 Å². The molecule has 1 aliphatic heterocycles. The van der Waals surface area contributed by atoms with E-state index in [4.69, 9.17) is 4.74 Å². The molecule has 0 saturated carbocycles. The lowest BCUT2D eigenvalue weighted by atomic mass is 10.1. The molecule has 8 heteroatoms. The predicted molar refractivity (Wildman–Crippen MR) is 98.0 cm³/mol. The number of rotatable bonds is 9. The molecule has 2 rings (SSSR count). The summed E-state index contributed by atoms with van der Waals surface area (Å²) in [7, 11) is 1.28. The third-order valence-corrected chi connectivity index (χ3v) is 4.74. The van der Waals surface area contributed by atoms with Crippen molar-refractivity contribution >= 4 is 35.5 Å². The van der Waals surface area contributed by atoms with Gasteiger partial charge in [-0.1, -0.05) is 12.1 Å². The zero-order valence-corrected chi connectivity index (χ0v) is 15.6. The van der Waals surface area contributed by atoms with Crippen LogP contribution in [0.4, 0.5) is 0 Å². The van der Waals surface area contributed by atoms with Crippen molar-refractivity contribution in [3.8, 4) is 0 Å². The Hall–Kier alpha value is -2.35. The number of nitrogens with zero attached hydrogens (tertiary/aromatic N) is 1. The van der Waals surface area contributed by atoms with Crippen LogP contribution in [0.25, 0.3) is 0 Å². The van der Waals surface area contributed by atoms with Gasteiger partial charge in [0.1, 0.15) is 6.04 Å². The molecule has 1 heterocycles. The van der Waals surface area contributed by atoms with Gasteiger partial charge in [0.15, 0.2) is 0 Å². The molecule has 140 valence electrons. The van der Waals surface area contributed by atoms with Gasteiger partial charge < -0.3 is 10.1 Å². The molecule has 3 amide bonds. The molecule has 0 radical (unpaired) electrons. The Morgan fingerprint density at radius 2 is 1.81 bits per heavy atom. The van der Waals surface area contributed by atoms with Gasteiger partial charge in [0.2, 0.25) is 5.91 Å². The zero-order chi connectivity index (χ0) is 19.1. The first kappa shape index (κ1) is 20.0. The van der Waals surface area contributed by atoms with Crippen LogP contribution >= 0.6 is 11.8 Å². The normalized spacial score (nSPS) is 14.2. The first-order chi connectivity index (χ1) is 12.5. The smallest absolute Gasteiger partial charge is 0.328 e. The second-order valence-corrected chi connectivity index (χ2v) is 6.82. The summed E-state index contributed by atoms with van der Waals surface area (Å²) in [6.07, 6.45) is 2.84. The lowest BCUT2D eigenvalue weighted by Crippen LogP contribution is -2.42. The van der Waals surface area contributed by atoms with Gasteiger partial charge in [-0.15, -0.1) is 0 Å². The molecule has 0 bridgehead atoms. The van der Waals surface area contributed by atoms with Crippen molar-refractivity contribution in [1.29, 1.82) is 0 Å². The fraction of sp³-hybridized carbons (Fsp3) is 0.444. The van der Waals surface area contributed by atoms with Gasteiger partial charge in [0.05, 0.1) is 18.2 Å². The van der Waals surface area contributed by atoms with Crippen molar-refractivity contribution in [3.05, 3.63) is 35.4 Å². The molecule has 1 atom stereocenters. The molecule has 0 aliphatic carbocycles. The van der Waals surface area contributed by atoms with Crippen LogP contribution in [-0.4, -0.2) is 60.3 Å². The van der Waals surface area contributed by atoms with Gasteiger partial charge in [0, 0.05) is 13.0 Å². The first-order valence-electron chi connectivity index (χ1n) is 8.31. The fourth-order valence-electron chi connectivity index (χ4n) is 2.73. The Bertz CT molecular complexity index is 672. The number of fused-ring (bicyclic) bond motifs is 1. The Morgan fingerprint density at radius 3 is 2.35 bits per heavy atom. The van der Waals surface area contributed by atoms with Crippen molar-refractivity contribution in [3.63, 3.8) is 0 Å². The minimum Gasteiger partial charge on any atom is -0.467 e. The number of imide groups is 1. The Morgan fingerprint density at radius 1 is 1.19 bits per heavy atom. The van der Waals surface area contributed by atoms with Crippen molar-refractivity contribution in [2.24, 2.45) is 0 Å². The number of amides is 3. The van der Waals surface area contributed by atoms with Crippen molar-refractivity contribution < 1.29 is 23.9 Å². The molecule has 1 unspecified atom stereocenters. The van der Waals surface area contributed by atoms with E-state index in [0.717, 1.165) is 10.7 Å². The largest absolute Gasteiger partial charge is 0.467 e. The molecular formula is C18H22N2O5S. The highest BCUT2D eigenvalue weighted by molar-refractivity contribution is 7.98. The molecular weight excluding hydrogens is 356 g/mol. The molecule has 1 N–H and O–H groups in total. The Kier molecular flexibility index (Phi) is 7.20. The summed E-state index contributed by atoms with van der Waals surface area (Å²) in [5.41, 5.74) is 0.787. The molecule has 0 saturated heterocycles. The number of benzene rings is 1. The van der Waals surface area contributed by atoms with E-state index in [1.165, 1.54) is 7.11 Å². The van der Waals surface area contributed by atoms with Crippen LogP contribution in [0, 0.1) is 0 Å². The lowest BCUT2D eigenvalue weighted by molar-refractivity contribution is -0.145. The highest BCUT2D eigenvalue weighted by atomic mass is 32.2. The molecule has 0 spiro atoms. The fourth-order valence-corrected chi connectivity index (χ4v) is 3.20. The summed E-state index contributed by atoms with van der Waals surface area (Å²) >= 11 is 1.57. The van der Waals surface area contributed by atoms with Crippen molar-refractivity contribution in [2.75, 3.05) is 25.7 Å². The SMILES string of the molecule is COC(=O)C(CCSC)NC(=O)CCCN1C(=O)c2ccccc2C1=O. The lowest BCUT2D eigenvalue weighted by Gasteiger charge is -2.17. The highest BCUT2D eigenvalue weighted by Gasteiger charge is 2.34. The van der Waals surface area contributed by atoms with Gasteiger partial charge in [-0.2, -0.15) is 11.8 Å². The first-order valence-corrected chi connectivity index (χ1v) is 9.70. The van der Waals surface area contributed by atoms with E-state index >= 15 is 0 Å². The minimum absolute atomic E-state index is 0.111. The van der Waals surface area contributed by atoms with Gasteiger partial charge in [0.25, 0.3) is 11.8 Å². The van der Waals surface area contributed by atoms with Gasteiger partial charge in [-0.25, -0.2) is 4.79 Å². The molecule has 0 aromatic heterocycles. The molecule has 0 fully saturated rings.